The Morgan fingerprint density at radius 2 is 1.90 bits per heavy atom. The molecular weight excluding hydrogens is 284 g/mol. The molecule has 1 unspecified atom stereocenters. The summed E-state index contributed by atoms with van der Waals surface area (Å²) in [5.41, 5.74) is -0.685. The number of carbonyl (C=O) groups is 1. The summed E-state index contributed by atoms with van der Waals surface area (Å²) in [5, 5.41) is 11.1. The number of aliphatic hydroxyl groups excluding tert-OH is 1. The number of amides is 1. The molecule has 0 fully saturated rings. The lowest BCUT2D eigenvalue weighted by molar-refractivity contribution is -0.0255. The van der Waals surface area contributed by atoms with Gasteiger partial charge in [-0.25, -0.2) is 13.6 Å². The van der Waals surface area contributed by atoms with Gasteiger partial charge in [0, 0.05) is 25.5 Å². The number of hydrogen-bond acceptors (Lipinski definition) is 4. The highest BCUT2D eigenvalue weighted by atomic mass is 19.3. The number of alkyl carbamates (subject to hydrolysis) is 1. The Balaban J connectivity index is 4.46. The van der Waals surface area contributed by atoms with Gasteiger partial charge in [0.1, 0.15) is 5.60 Å². The zero-order chi connectivity index (χ0) is 16.5. The van der Waals surface area contributed by atoms with Crippen molar-refractivity contribution in [2.24, 2.45) is 0 Å². The number of hydrogen-bond donors (Lipinski definition) is 2. The second-order valence-electron chi connectivity index (χ2n) is 5.88. The molecule has 21 heavy (non-hydrogen) atoms. The van der Waals surface area contributed by atoms with Crippen LogP contribution >= 0.6 is 0 Å². The van der Waals surface area contributed by atoms with Gasteiger partial charge in [0.25, 0.3) is 0 Å². The van der Waals surface area contributed by atoms with Crippen LogP contribution in [0.15, 0.2) is 0 Å². The zero-order valence-corrected chi connectivity index (χ0v) is 13.2. The molecule has 1 atom stereocenters. The lowest BCUT2D eigenvalue weighted by atomic mass is 10.0. The minimum absolute atomic E-state index is 0.130. The van der Waals surface area contributed by atoms with Gasteiger partial charge in [0.2, 0.25) is 5.92 Å². The molecule has 0 aliphatic rings. The maximum atomic E-state index is 13.5. The van der Waals surface area contributed by atoms with Crippen molar-refractivity contribution in [2.45, 2.75) is 64.5 Å². The van der Waals surface area contributed by atoms with Crippen LogP contribution in [0.4, 0.5) is 13.6 Å². The molecule has 0 radical (unpaired) electrons. The van der Waals surface area contributed by atoms with E-state index in [9.17, 15) is 13.6 Å². The van der Waals surface area contributed by atoms with E-state index in [-0.39, 0.29) is 32.7 Å². The molecule has 5 nitrogen and oxygen atoms in total. The molecule has 0 aliphatic heterocycles. The molecule has 0 spiro atoms. The van der Waals surface area contributed by atoms with Gasteiger partial charge < -0.3 is 19.9 Å². The molecule has 0 aliphatic carbocycles. The van der Waals surface area contributed by atoms with E-state index in [4.69, 9.17) is 14.6 Å². The normalized spacial score (nSPS) is 13.9. The van der Waals surface area contributed by atoms with Gasteiger partial charge >= 0.3 is 6.09 Å². The van der Waals surface area contributed by atoms with Crippen molar-refractivity contribution in [1.82, 2.24) is 5.32 Å². The van der Waals surface area contributed by atoms with Crippen LogP contribution in [-0.2, 0) is 9.47 Å². The fourth-order valence-corrected chi connectivity index (χ4v) is 1.60. The number of rotatable bonds is 9. The summed E-state index contributed by atoms with van der Waals surface area (Å²) >= 11 is 0. The smallest absolute Gasteiger partial charge is 0.407 e. The summed E-state index contributed by atoms with van der Waals surface area (Å²) in [7, 11) is 0. The summed E-state index contributed by atoms with van der Waals surface area (Å²) in [6.07, 6.45) is -1.25. The van der Waals surface area contributed by atoms with E-state index < -0.39 is 30.1 Å². The fraction of sp³-hybridized carbons (Fsp3) is 0.929. The first-order valence-corrected chi connectivity index (χ1v) is 7.15. The van der Waals surface area contributed by atoms with Crippen LogP contribution < -0.4 is 5.32 Å². The molecular formula is C14H27F2NO4. The lowest BCUT2D eigenvalue weighted by Gasteiger charge is -2.26. The van der Waals surface area contributed by atoms with Crippen molar-refractivity contribution in [3.05, 3.63) is 0 Å². The summed E-state index contributed by atoms with van der Waals surface area (Å²) in [6.45, 7) is 6.69. The van der Waals surface area contributed by atoms with Gasteiger partial charge in [0.15, 0.2) is 0 Å². The van der Waals surface area contributed by atoms with Crippen molar-refractivity contribution in [2.75, 3.05) is 19.8 Å². The van der Waals surface area contributed by atoms with Crippen LogP contribution in [0.25, 0.3) is 0 Å². The SMILES string of the molecule is CCC(F)(F)CC(CCOCCO)NC(=O)OC(C)(C)C. The van der Waals surface area contributed by atoms with Crippen molar-refractivity contribution in [3.8, 4) is 0 Å². The molecule has 0 bridgehead atoms. The molecule has 0 aromatic rings. The quantitative estimate of drug-likeness (QED) is 0.643. The van der Waals surface area contributed by atoms with E-state index in [0.717, 1.165) is 0 Å². The van der Waals surface area contributed by atoms with E-state index in [1.165, 1.54) is 6.92 Å². The Bertz CT molecular complexity index is 306. The largest absolute Gasteiger partial charge is 0.444 e. The number of halogens is 2. The standard InChI is InChI=1S/C14H27F2NO4/c1-5-14(15,16)10-11(6-8-20-9-7-18)17-12(19)21-13(2,3)4/h11,18H,5-10H2,1-4H3,(H,17,19). The van der Waals surface area contributed by atoms with E-state index >= 15 is 0 Å². The first-order chi connectivity index (χ1) is 9.59. The monoisotopic (exact) mass is 311 g/mol. The highest BCUT2D eigenvalue weighted by Gasteiger charge is 2.32. The van der Waals surface area contributed by atoms with Crippen LogP contribution in [0, 0.1) is 0 Å². The molecule has 0 saturated heterocycles. The molecule has 126 valence electrons. The Hall–Kier alpha value is -0.950. The number of ether oxygens (including phenoxy) is 2. The highest BCUT2D eigenvalue weighted by molar-refractivity contribution is 5.68. The van der Waals surface area contributed by atoms with Gasteiger partial charge in [-0.05, 0) is 27.2 Å². The fourth-order valence-electron chi connectivity index (χ4n) is 1.60. The number of carbonyl (C=O) groups excluding carboxylic acids is 1. The van der Waals surface area contributed by atoms with E-state index in [2.05, 4.69) is 5.32 Å². The Labute approximate surface area is 125 Å². The van der Waals surface area contributed by atoms with Gasteiger partial charge in [0.05, 0.1) is 13.2 Å². The minimum atomic E-state index is -2.85. The minimum Gasteiger partial charge on any atom is -0.444 e. The van der Waals surface area contributed by atoms with Crippen LogP contribution in [0.3, 0.4) is 0 Å². The van der Waals surface area contributed by atoms with Crippen LogP contribution in [0.1, 0.15) is 47.0 Å². The van der Waals surface area contributed by atoms with Crippen molar-refractivity contribution >= 4 is 6.09 Å². The van der Waals surface area contributed by atoms with Crippen LogP contribution in [0.2, 0.25) is 0 Å². The Kier molecular flexibility index (Phi) is 8.73. The molecule has 1 amide bonds. The molecule has 7 heteroatoms. The summed E-state index contributed by atoms with van der Waals surface area (Å²) in [5.74, 6) is -2.85. The van der Waals surface area contributed by atoms with Crippen LogP contribution in [-0.4, -0.2) is 48.6 Å². The summed E-state index contributed by atoms with van der Waals surface area (Å²) < 4.78 is 37.1. The molecule has 2 N–H and O–H groups in total. The van der Waals surface area contributed by atoms with E-state index in [1.807, 2.05) is 0 Å². The Morgan fingerprint density at radius 3 is 2.38 bits per heavy atom. The van der Waals surface area contributed by atoms with E-state index in [1.54, 1.807) is 20.8 Å². The summed E-state index contributed by atoms with van der Waals surface area (Å²) in [6, 6.07) is -0.742. The van der Waals surface area contributed by atoms with Gasteiger partial charge in [-0.1, -0.05) is 6.92 Å². The first-order valence-electron chi connectivity index (χ1n) is 7.15. The highest BCUT2D eigenvalue weighted by Crippen LogP contribution is 2.25. The number of aliphatic hydroxyl groups is 1. The van der Waals surface area contributed by atoms with Gasteiger partial charge in [-0.2, -0.15) is 0 Å². The maximum Gasteiger partial charge on any atom is 0.407 e. The van der Waals surface area contributed by atoms with Gasteiger partial charge in [-0.15, -0.1) is 0 Å². The third kappa shape index (κ3) is 11.4. The first kappa shape index (κ1) is 20.1. The van der Waals surface area contributed by atoms with Crippen LogP contribution in [0.5, 0.6) is 0 Å². The second kappa shape index (κ2) is 9.15. The number of nitrogens with one attached hydrogen (secondary N) is 1. The third-order valence-electron chi connectivity index (χ3n) is 2.63. The van der Waals surface area contributed by atoms with Crippen molar-refractivity contribution < 1.29 is 28.2 Å². The molecule has 0 rings (SSSR count). The lowest BCUT2D eigenvalue weighted by Crippen LogP contribution is -2.42. The molecule has 0 saturated carbocycles. The molecule has 0 aromatic heterocycles. The second-order valence-corrected chi connectivity index (χ2v) is 5.88. The molecule has 0 aromatic carbocycles. The predicted molar refractivity (Wildman–Crippen MR) is 75.5 cm³/mol. The van der Waals surface area contributed by atoms with Crippen molar-refractivity contribution in [1.29, 1.82) is 0 Å². The average Bonchev–Trinajstić information content (AvgIpc) is 2.31. The van der Waals surface area contributed by atoms with Crippen molar-refractivity contribution in [3.63, 3.8) is 0 Å². The van der Waals surface area contributed by atoms with E-state index in [0.29, 0.717) is 0 Å². The third-order valence-corrected chi connectivity index (χ3v) is 2.63. The Morgan fingerprint density at radius 1 is 1.29 bits per heavy atom. The maximum absolute atomic E-state index is 13.5. The van der Waals surface area contributed by atoms with Gasteiger partial charge in [-0.3, -0.25) is 0 Å². The predicted octanol–water partition coefficient (Wildman–Crippen LogP) is 2.71. The summed E-state index contributed by atoms with van der Waals surface area (Å²) in [4.78, 5) is 11.7. The molecule has 0 heterocycles. The topological polar surface area (TPSA) is 67.8 Å². The number of alkyl halides is 2. The zero-order valence-electron chi connectivity index (χ0n) is 13.2. The average molecular weight is 311 g/mol.